The van der Waals surface area contributed by atoms with Gasteiger partial charge in [-0.25, -0.2) is 14.4 Å². The number of aromatic amines is 1. The lowest BCUT2D eigenvalue weighted by molar-refractivity contribution is -0.110. The Hall–Kier alpha value is -3.88. The summed E-state index contributed by atoms with van der Waals surface area (Å²) < 4.78 is 13.3. The summed E-state index contributed by atoms with van der Waals surface area (Å²) in [6, 6.07) is 11.3. The predicted octanol–water partition coefficient (Wildman–Crippen LogP) is 2.77. The van der Waals surface area contributed by atoms with E-state index in [1.165, 1.54) is 12.1 Å². The Morgan fingerprint density at radius 3 is 2.75 bits per heavy atom. The van der Waals surface area contributed by atoms with Crippen LogP contribution in [0.2, 0.25) is 0 Å². The minimum Gasteiger partial charge on any atom is -0.343 e. The Morgan fingerprint density at radius 2 is 2.04 bits per heavy atom. The number of hydrogen-bond acceptors (Lipinski definition) is 6. The highest BCUT2D eigenvalue weighted by molar-refractivity contribution is 5.90. The fourth-order valence-electron chi connectivity index (χ4n) is 2.84. The van der Waals surface area contributed by atoms with Crippen LogP contribution >= 0.6 is 0 Å². The Labute approximate surface area is 159 Å². The van der Waals surface area contributed by atoms with Crippen molar-refractivity contribution < 1.29 is 9.18 Å². The molecule has 0 saturated heterocycles. The predicted molar refractivity (Wildman–Crippen MR) is 101 cm³/mol. The van der Waals surface area contributed by atoms with Crippen LogP contribution in [0, 0.1) is 12.7 Å². The number of hydrogen-bond donors (Lipinski definition) is 3. The number of halogens is 1. The molecule has 0 fully saturated rings. The summed E-state index contributed by atoms with van der Waals surface area (Å²) in [5, 5.41) is 13.7. The van der Waals surface area contributed by atoms with Crippen molar-refractivity contribution in [2.24, 2.45) is 0 Å². The smallest absolute Gasteiger partial charge is 0.208 e. The molecule has 0 saturated carbocycles. The monoisotopic (exact) mass is 377 g/mol. The fourth-order valence-corrected chi connectivity index (χ4v) is 2.84. The second kappa shape index (κ2) is 7.39. The molecule has 1 unspecified atom stereocenters. The van der Waals surface area contributed by atoms with Crippen LogP contribution in [0.1, 0.15) is 23.3 Å². The number of amides is 1. The quantitative estimate of drug-likeness (QED) is 0.446. The molecule has 0 radical (unpaired) electrons. The number of rotatable bonds is 6. The zero-order valence-corrected chi connectivity index (χ0v) is 14.8. The molecule has 1 atom stereocenters. The van der Waals surface area contributed by atoms with Crippen LogP contribution in [0.15, 0.2) is 48.7 Å². The maximum atomic E-state index is 13.3. The highest BCUT2D eigenvalue weighted by Crippen LogP contribution is 2.26. The number of para-hydroxylation sites is 1. The number of aryl methyl sites for hydroxylation is 1. The molecule has 0 bridgehead atoms. The van der Waals surface area contributed by atoms with Gasteiger partial charge in [-0.3, -0.25) is 14.9 Å². The van der Waals surface area contributed by atoms with Crippen LogP contribution in [-0.4, -0.2) is 31.6 Å². The number of benzene rings is 1. The lowest BCUT2D eigenvalue weighted by Gasteiger charge is -2.16. The molecule has 3 heterocycles. The molecule has 0 spiro atoms. The molecular formula is C19H16FN7O. The Kier molecular flexibility index (Phi) is 4.63. The van der Waals surface area contributed by atoms with Gasteiger partial charge in [-0.05, 0) is 31.2 Å². The van der Waals surface area contributed by atoms with Crippen LogP contribution < -0.4 is 10.6 Å². The van der Waals surface area contributed by atoms with Gasteiger partial charge in [-0.2, -0.15) is 5.10 Å². The number of nitrogens with zero attached hydrogens (tertiary/aromatic N) is 4. The van der Waals surface area contributed by atoms with E-state index in [9.17, 15) is 9.18 Å². The van der Waals surface area contributed by atoms with Crippen molar-refractivity contribution >= 4 is 28.9 Å². The topological polar surface area (TPSA) is 108 Å². The number of fused-ring (bicyclic) bond motifs is 1. The van der Waals surface area contributed by atoms with Gasteiger partial charge in [0.2, 0.25) is 6.41 Å². The van der Waals surface area contributed by atoms with E-state index in [1.54, 1.807) is 0 Å². The molecule has 4 rings (SSSR count). The maximum absolute atomic E-state index is 13.3. The van der Waals surface area contributed by atoms with Crippen molar-refractivity contribution in [2.75, 3.05) is 5.32 Å². The Morgan fingerprint density at radius 1 is 1.18 bits per heavy atom. The van der Waals surface area contributed by atoms with E-state index in [1.807, 2.05) is 37.3 Å². The standard InChI is InChI=1S/C19H16FN7O/c1-11-8-16(27-26-11)24-18-13-4-2-3-5-14(13)23-19(25-18)17(22-10-28)15-7-6-12(20)9-21-15/h2-10,17H,1H3,(H,22,28)(H2,23,24,25,26,27). The number of anilines is 2. The summed E-state index contributed by atoms with van der Waals surface area (Å²) in [6.07, 6.45) is 1.62. The van der Waals surface area contributed by atoms with Gasteiger partial charge in [0.05, 0.1) is 17.4 Å². The summed E-state index contributed by atoms with van der Waals surface area (Å²) in [6.45, 7) is 1.89. The van der Waals surface area contributed by atoms with Crippen molar-refractivity contribution in [1.82, 2.24) is 30.5 Å². The van der Waals surface area contributed by atoms with Gasteiger partial charge in [-0.1, -0.05) is 12.1 Å². The molecule has 140 valence electrons. The number of H-pyrrole nitrogens is 1. The zero-order valence-electron chi connectivity index (χ0n) is 14.8. The van der Waals surface area contributed by atoms with E-state index >= 15 is 0 Å². The van der Waals surface area contributed by atoms with Gasteiger partial charge < -0.3 is 10.6 Å². The molecule has 9 heteroatoms. The molecule has 4 aromatic rings. The summed E-state index contributed by atoms with van der Waals surface area (Å²) in [5.74, 6) is 0.989. The normalized spacial score (nSPS) is 11.9. The van der Waals surface area contributed by atoms with E-state index in [4.69, 9.17) is 0 Å². The van der Waals surface area contributed by atoms with Crippen LogP contribution in [-0.2, 0) is 4.79 Å². The molecule has 0 aliphatic rings. The molecule has 0 aliphatic heterocycles. The third-order valence-corrected chi connectivity index (χ3v) is 4.11. The van der Waals surface area contributed by atoms with Gasteiger partial charge in [0.15, 0.2) is 11.6 Å². The van der Waals surface area contributed by atoms with E-state index in [0.717, 1.165) is 17.3 Å². The SMILES string of the molecule is Cc1cc(Nc2nc(C(NC=O)c3ccc(F)cn3)nc3ccccc23)n[nH]1. The second-order valence-electron chi connectivity index (χ2n) is 6.13. The highest BCUT2D eigenvalue weighted by Gasteiger charge is 2.20. The fraction of sp³-hybridized carbons (Fsp3) is 0.105. The number of nitrogens with one attached hydrogen (secondary N) is 3. The average Bonchev–Trinajstić information content (AvgIpc) is 3.11. The third kappa shape index (κ3) is 3.50. The van der Waals surface area contributed by atoms with Crippen LogP contribution in [0.25, 0.3) is 10.9 Å². The molecular weight excluding hydrogens is 361 g/mol. The van der Waals surface area contributed by atoms with Crippen LogP contribution in [0.4, 0.5) is 16.0 Å². The first-order valence-electron chi connectivity index (χ1n) is 8.51. The summed E-state index contributed by atoms with van der Waals surface area (Å²) in [7, 11) is 0. The van der Waals surface area contributed by atoms with E-state index < -0.39 is 11.9 Å². The number of carbonyl (C=O) groups excluding carboxylic acids is 1. The molecule has 8 nitrogen and oxygen atoms in total. The van der Waals surface area contributed by atoms with Crippen molar-refractivity contribution in [3.63, 3.8) is 0 Å². The number of pyridine rings is 1. The van der Waals surface area contributed by atoms with Gasteiger partial charge in [0.25, 0.3) is 0 Å². The van der Waals surface area contributed by atoms with Gasteiger partial charge in [-0.15, -0.1) is 0 Å². The Balaban J connectivity index is 1.83. The van der Waals surface area contributed by atoms with E-state index in [0.29, 0.717) is 35.1 Å². The zero-order chi connectivity index (χ0) is 19.5. The first kappa shape index (κ1) is 17.5. The molecule has 28 heavy (non-hydrogen) atoms. The molecule has 3 aromatic heterocycles. The van der Waals surface area contributed by atoms with Crippen LogP contribution in [0.5, 0.6) is 0 Å². The second-order valence-corrected chi connectivity index (χ2v) is 6.13. The highest BCUT2D eigenvalue weighted by atomic mass is 19.1. The summed E-state index contributed by atoms with van der Waals surface area (Å²) in [4.78, 5) is 24.4. The average molecular weight is 377 g/mol. The van der Waals surface area contributed by atoms with Crippen molar-refractivity contribution in [2.45, 2.75) is 13.0 Å². The van der Waals surface area contributed by atoms with Crippen molar-refractivity contribution in [3.8, 4) is 0 Å². The number of aromatic nitrogens is 5. The molecule has 1 amide bonds. The lowest BCUT2D eigenvalue weighted by atomic mass is 10.1. The molecule has 1 aromatic carbocycles. The third-order valence-electron chi connectivity index (χ3n) is 4.11. The summed E-state index contributed by atoms with van der Waals surface area (Å²) in [5.41, 5.74) is 2.00. The molecule has 0 aliphatic carbocycles. The molecule has 3 N–H and O–H groups in total. The first-order valence-corrected chi connectivity index (χ1v) is 8.51. The van der Waals surface area contributed by atoms with E-state index in [2.05, 4.69) is 35.8 Å². The largest absolute Gasteiger partial charge is 0.343 e. The first-order chi connectivity index (χ1) is 13.6. The number of carbonyl (C=O) groups is 1. The van der Waals surface area contributed by atoms with Gasteiger partial charge in [0.1, 0.15) is 17.7 Å². The van der Waals surface area contributed by atoms with E-state index in [-0.39, 0.29) is 0 Å². The minimum atomic E-state index is -0.732. The lowest BCUT2D eigenvalue weighted by Crippen LogP contribution is -2.24. The minimum absolute atomic E-state index is 0.319. The van der Waals surface area contributed by atoms with Crippen molar-refractivity contribution in [1.29, 1.82) is 0 Å². The van der Waals surface area contributed by atoms with Gasteiger partial charge >= 0.3 is 0 Å². The Bertz CT molecular complexity index is 1130. The maximum Gasteiger partial charge on any atom is 0.208 e. The van der Waals surface area contributed by atoms with Gasteiger partial charge in [0, 0.05) is 17.1 Å². The van der Waals surface area contributed by atoms with Crippen LogP contribution in [0.3, 0.4) is 0 Å². The summed E-state index contributed by atoms with van der Waals surface area (Å²) >= 11 is 0. The van der Waals surface area contributed by atoms with Crippen molar-refractivity contribution in [3.05, 3.63) is 71.7 Å².